The number of nitrogens with one attached hydrogen (secondary N) is 1. The molecule has 1 aromatic carbocycles. The van der Waals surface area contributed by atoms with E-state index in [-0.39, 0.29) is 11.6 Å². The van der Waals surface area contributed by atoms with Crippen LogP contribution in [-0.4, -0.2) is 21.1 Å². The summed E-state index contributed by atoms with van der Waals surface area (Å²) in [4.78, 5) is 14.6. The van der Waals surface area contributed by atoms with Crippen molar-refractivity contribution in [2.75, 3.05) is 0 Å². The highest BCUT2D eigenvalue weighted by atomic mass is 19.1. The number of aromatic amines is 1. The highest BCUT2D eigenvalue weighted by Crippen LogP contribution is 2.07. The molecule has 5 nitrogen and oxygen atoms in total. The van der Waals surface area contributed by atoms with E-state index in [1.54, 1.807) is 12.1 Å². The quantitative estimate of drug-likeness (QED) is 0.795. The highest BCUT2D eigenvalue weighted by molar-refractivity contribution is 5.88. The third-order valence-electron chi connectivity index (χ3n) is 2.04. The number of rotatable bonds is 3. The van der Waals surface area contributed by atoms with Gasteiger partial charge in [-0.15, -0.1) is 5.10 Å². The molecule has 2 rings (SSSR count). The second-order valence-electron chi connectivity index (χ2n) is 3.27. The van der Waals surface area contributed by atoms with Crippen LogP contribution in [0.5, 0.6) is 0 Å². The Labute approximate surface area is 90.5 Å². The molecule has 0 aliphatic rings. The molecular formula is C10H9FN4O. The number of carbonyl (C=O) groups excluding carboxylic acids is 1. The molecule has 0 saturated heterocycles. The number of carbonyl (C=O) groups is 1. The van der Waals surface area contributed by atoms with E-state index in [4.69, 9.17) is 5.73 Å². The zero-order valence-corrected chi connectivity index (χ0v) is 8.27. The number of nitrogens with two attached hydrogens (primary N) is 1. The molecule has 2 aromatic rings. The monoisotopic (exact) mass is 220 g/mol. The number of primary amides is 1. The number of benzene rings is 1. The number of aromatic nitrogens is 3. The summed E-state index contributed by atoms with van der Waals surface area (Å²) in [6, 6.07) is 6.00. The number of amides is 1. The first-order chi connectivity index (χ1) is 7.65. The third kappa shape index (κ3) is 2.22. The third-order valence-corrected chi connectivity index (χ3v) is 2.04. The molecule has 0 fully saturated rings. The average Bonchev–Trinajstić information content (AvgIpc) is 2.70. The fraction of sp³-hybridized carbons (Fsp3) is 0.100. The maximum Gasteiger partial charge on any atom is 0.288 e. The van der Waals surface area contributed by atoms with Crippen molar-refractivity contribution in [1.82, 2.24) is 15.2 Å². The summed E-state index contributed by atoms with van der Waals surface area (Å²) in [6.45, 7) is 0. The fourth-order valence-electron chi connectivity index (χ4n) is 1.28. The van der Waals surface area contributed by atoms with Crippen LogP contribution in [0.2, 0.25) is 0 Å². The Morgan fingerprint density at radius 3 is 2.62 bits per heavy atom. The van der Waals surface area contributed by atoms with E-state index in [0.29, 0.717) is 12.2 Å². The highest BCUT2D eigenvalue weighted by Gasteiger charge is 2.08. The van der Waals surface area contributed by atoms with E-state index in [1.165, 1.54) is 12.1 Å². The van der Waals surface area contributed by atoms with Crippen LogP contribution in [0.25, 0.3) is 0 Å². The van der Waals surface area contributed by atoms with Crippen LogP contribution < -0.4 is 5.73 Å². The Kier molecular flexibility index (Phi) is 2.63. The molecule has 1 heterocycles. The molecule has 0 saturated carbocycles. The fourth-order valence-corrected chi connectivity index (χ4v) is 1.28. The predicted molar refractivity (Wildman–Crippen MR) is 54.1 cm³/mol. The van der Waals surface area contributed by atoms with Crippen molar-refractivity contribution < 1.29 is 9.18 Å². The smallest absolute Gasteiger partial charge is 0.288 e. The first kappa shape index (κ1) is 10.3. The van der Waals surface area contributed by atoms with E-state index >= 15 is 0 Å². The number of nitrogens with zero attached hydrogens (tertiary/aromatic N) is 2. The van der Waals surface area contributed by atoms with Crippen molar-refractivity contribution in [2.24, 2.45) is 5.73 Å². The van der Waals surface area contributed by atoms with Gasteiger partial charge in [-0.3, -0.25) is 9.89 Å². The summed E-state index contributed by atoms with van der Waals surface area (Å²) < 4.78 is 12.6. The van der Waals surface area contributed by atoms with Gasteiger partial charge < -0.3 is 5.73 Å². The lowest BCUT2D eigenvalue weighted by Crippen LogP contribution is -2.12. The Hall–Kier alpha value is -2.24. The van der Waals surface area contributed by atoms with Crippen LogP contribution in [0, 0.1) is 5.82 Å². The Bertz CT molecular complexity index is 506. The first-order valence-corrected chi connectivity index (χ1v) is 4.60. The van der Waals surface area contributed by atoms with E-state index in [0.717, 1.165) is 5.56 Å². The summed E-state index contributed by atoms with van der Waals surface area (Å²) in [7, 11) is 0. The zero-order chi connectivity index (χ0) is 11.5. The average molecular weight is 220 g/mol. The molecule has 0 spiro atoms. The molecule has 16 heavy (non-hydrogen) atoms. The number of hydrogen-bond donors (Lipinski definition) is 2. The SMILES string of the molecule is NC(=O)c1n[nH]c(Cc2ccc(F)cc2)n1. The van der Waals surface area contributed by atoms with Gasteiger partial charge in [0.2, 0.25) is 5.82 Å². The summed E-state index contributed by atoms with van der Waals surface area (Å²) in [5.41, 5.74) is 5.88. The molecule has 0 bridgehead atoms. The lowest BCUT2D eigenvalue weighted by atomic mass is 10.1. The lowest BCUT2D eigenvalue weighted by Gasteiger charge is -1.96. The minimum atomic E-state index is -0.679. The molecular weight excluding hydrogens is 211 g/mol. The van der Waals surface area contributed by atoms with Gasteiger partial charge in [0.15, 0.2) is 0 Å². The van der Waals surface area contributed by atoms with Gasteiger partial charge in [-0.25, -0.2) is 9.37 Å². The Balaban J connectivity index is 2.14. The van der Waals surface area contributed by atoms with E-state index < -0.39 is 5.91 Å². The molecule has 3 N–H and O–H groups in total. The molecule has 6 heteroatoms. The van der Waals surface area contributed by atoms with Crippen molar-refractivity contribution in [1.29, 1.82) is 0 Å². The Morgan fingerprint density at radius 1 is 1.38 bits per heavy atom. The van der Waals surface area contributed by atoms with Crippen molar-refractivity contribution in [3.63, 3.8) is 0 Å². The van der Waals surface area contributed by atoms with Crippen molar-refractivity contribution in [3.05, 3.63) is 47.3 Å². The largest absolute Gasteiger partial charge is 0.363 e. The van der Waals surface area contributed by atoms with Gasteiger partial charge in [-0.05, 0) is 17.7 Å². The zero-order valence-electron chi connectivity index (χ0n) is 8.27. The maximum atomic E-state index is 12.6. The molecule has 0 radical (unpaired) electrons. The maximum absolute atomic E-state index is 12.6. The van der Waals surface area contributed by atoms with Crippen LogP contribution in [0.3, 0.4) is 0 Å². The lowest BCUT2D eigenvalue weighted by molar-refractivity contribution is 0.0991. The standard InChI is InChI=1S/C10H9FN4O/c11-7-3-1-6(2-4-7)5-8-13-10(9(12)16)15-14-8/h1-4H,5H2,(H2,12,16)(H,13,14,15). The first-order valence-electron chi connectivity index (χ1n) is 4.60. The van der Waals surface area contributed by atoms with Crippen molar-refractivity contribution >= 4 is 5.91 Å². The van der Waals surface area contributed by atoms with Crippen LogP contribution in [0.1, 0.15) is 22.0 Å². The summed E-state index contributed by atoms with van der Waals surface area (Å²) >= 11 is 0. The minimum Gasteiger partial charge on any atom is -0.363 e. The van der Waals surface area contributed by atoms with Gasteiger partial charge in [0, 0.05) is 6.42 Å². The van der Waals surface area contributed by atoms with Crippen LogP contribution in [-0.2, 0) is 6.42 Å². The second-order valence-corrected chi connectivity index (χ2v) is 3.27. The normalized spacial score (nSPS) is 10.3. The summed E-state index contributed by atoms with van der Waals surface area (Å²) in [5, 5.41) is 6.24. The molecule has 0 unspecified atom stereocenters. The summed E-state index contributed by atoms with van der Waals surface area (Å²) in [5.74, 6) is -0.502. The molecule has 1 aromatic heterocycles. The van der Waals surface area contributed by atoms with Crippen LogP contribution in [0.15, 0.2) is 24.3 Å². The molecule has 0 aliphatic carbocycles. The van der Waals surface area contributed by atoms with Crippen LogP contribution in [0.4, 0.5) is 4.39 Å². The van der Waals surface area contributed by atoms with Crippen molar-refractivity contribution in [2.45, 2.75) is 6.42 Å². The van der Waals surface area contributed by atoms with E-state index in [1.807, 2.05) is 0 Å². The molecule has 0 atom stereocenters. The number of H-pyrrole nitrogens is 1. The van der Waals surface area contributed by atoms with Gasteiger partial charge in [0.1, 0.15) is 11.6 Å². The Morgan fingerprint density at radius 2 is 2.06 bits per heavy atom. The molecule has 82 valence electrons. The van der Waals surface area contributed by atoms with Gasteiger partial charge in [-0.1, -0.05) is 12.1 Å². The van der Waals surface area contributed by atoms with E-state index in [2.05, 4.69) is 15.2 Å². The van der Waals surface area contributed by atoms with Crippen molar-refractivity contribution in [3.8, 4) is 0 Å². The van der Waals surface area contributed by atoms with Gasteiger partial charge in [0.05, 0.1) is 0 Å². The number of hydrogen-bond acceptors (Lipinski definition) is 3. The second kappa shape index (κ2) is 4.09. The van der Waals surface area contributed by atoms with Crippen LogP contribution >= 0.6 is 0 Å². The molecule has 1 amide bonds. The topological polar surface area (TPSA) is 84.7 Å². The molecule has 0 aliphatic heterocycles. The van der Waals surface area contributed by atoms with Gasteiger partial charge >= 0.3 is 0 Å². The number of halogens is 1. The predicted octanol–water partition coefficient (Wildman–Crippen LogP) is 0.633. The summed E-state index contributed by atoms with van der Waals surface area (Å²) in [6.07, 6.45) is 0.445. The minimum absolute atomic E-state index is 0.0443. The van der Waals surface area contributed by atoms with Gasteiger partial charge in [0.25, 0.3) is 5.91 Å². The van der Waals surface area contributed by atoms with E-state index in [9.17, 15) is 9.18 Å². The van der Waals surface area contributed by atoms with Gasteiger partial charge in [-0.2, -0.15) is 0 Å².